The first kappa shape index (κ1) is 14.5. The van der Waals surface area contributed by atoms with E-state index in [9.17, 15) is 13.6 Å². The number of halogens is 2. The smallest absolute Gasteiger partial charge is 0.265 e. The SMILES string of the molecule is Cc1ccccc1NC(=O)CNCC(O)C(F)F. The number of aliphatic hydroxyl groups is 1. The van der Waals surface area contributed by atoms with E-state index in [-0.39, 0.29) is 19.0 Å². The van der Waals surface area contributed by atoms with Gasteiger partial charge in [0.15, 0.2) is 0 Å². The number of aliphatic hydroxyl groups excluding tert-OH is 1. The molecule has 0 heterocycles. The summed E-state index contributed by atoms with van der Waals surface area (Å²) >= 11 is 0. The van der Waals surface area contributed by atoms with Crippen molar-refractivity contribution in [1.82, 2.24) is 5.32 Å². The van der Waals surface area contributed by atoms with E-state index in [0.717, 1.165) is 5.56 Å². The topological polar surface area (TPSA) is 61.4 Å². The summed E-state index contributed by atoms with van der Waals surface area (Å²) in [6, 6.07) is 7.24. The number of alkyl halides is 2. The van der Waals surface area contributed by atoms with Crippen LogP contribution in [0, 0.1) is 6.92 Å². The van der Waals surface area contributed by atoms with Crippen LogP contribution in [0.1, 0.15) is 5.56 Å². The lowest BCUT2D eigenvalue weighted by Crippen LogP contribution is -2.36. The van der Waals surface area contributed by atoms with E-state index in [4.69, 9.17) is 5.11 Å². The molecule has 1 rings (SSSR count). The Morgan fingerprint density at radius 1 is 1.39 bits per heavy atom. The van der Waals surface area contributed by atoms with E-state index in [0.29, 0.717) is 5.69 Å². The summed E-state index contributed by atoms with van der Waals surface area (Å²) in [7, 11) is 0. The fourth-order valence-corrected chi connectivity index (χ4v) is 1.33. The van der Waals surface area contributed by atoms with Crippen molar-refractivity contribution in [3.63, 3.8) is 0 Å². The molecule has 4 nitrogen and oxygen atoms in total. The molecular weight excluding hydrogens is 242 g/mol. The molecule has 0 aliphatic heterocycles. The summed E-state index contributed by atoms with van der Waals surface area (Å²) in [5, 5.41) is 13.9. The number of benzene rings is 1. The quantitative estimate of drug-likeness (QED) is 0.717. The third kappa shape index (κ3) is 4.77. The van der Waals surface area contributed by atoms with Gasteiger partial charge in [0.05, 0.1) is 6.54 Å². The van der Waals surface area contributed by atoms with Crippen molar-refractivity contribution in [2.24, 2.45) is 0 Å². The first-order valence-corrected chi connectivity index (χ1v) is 5.53. The van der Waals surface area contributed by atoms with Crippen LogP contribution in [0.2, 0.25) is 0 Å². The predicted molar refractivity (Wildman–Crippen MR) is 64.7 cm³/mol. The van der Waals surface area contributed by atoms with E-state index in [2.05, 4.69) is 10.6 Å². The Balaban J connectivity index is 2.33. The molecule has 1 unspecified atom stereocenters. The van der Waals surface area contributed by atoms with Crippen molar-refractivity contribution in [1.29, 1.82) is 0 Å². The van der Waals surface area contributed by atoms with Gasteiger partial charge in [-0.05, 0) is 18.6 Å². The van der Waals surface area contributed by atoms with Crippen molar-refractivity contribution in [2.75, 3.05) is 18.4 Å². The van der Waals surface area contributed by atoms with Gasteiger partial charge in [-0.2, -0.15) is 0 Å². The van der Waals surface area contributed by atoms with Gasteiger partial charge >= 0.3 is 0 Å². The number of aryl methyl sites for hydroxylation is 1. The van der Waals surface area contributed by atoms with Crippen LogP contribution in [0.4, 0.5) is 14.5 Å². The van der Waals surface area contributed by atoms with Gasteiger partial charge in [-0.15, -0.1) is 0 Å². The minimum Gasteiger partial charge on any atom is -0.386 e. The molecule has 1 atom stereocenters. The summed E-state index contributed by atoms with van der Waals surface area (Å²) in [5.41, 5.74) is 1.59. The molecule has 1 aromatic rings. The normalized spacial score (nSPS) is 12.5. The largest absolute Gasteiger partial charge is 0.386 e. The highest BCUT2D eigenvalue weighted by Crippen LogP contribution is 2.12. The highest BCUT2D eigenvalue weighted by molar-refractivity contribution is 5.92. The number of para-hydroxylation sites is 1. The maximum Gasteiger partial charge on any atom is 0.265 e. The first-order chi connectivity index (χ1) is 8.50. The number of carbonyl (C=O) groups is 1. The first-order valence-electron chi connectivity index (χ1n) is 5.53. The van der Waals surface area contributed by atoms with Crippen LogP contribution in [0.15, 0.2) is 24.3 Å². The van der Waals surface area contributed by atoms with Gasteiger partial charge in [0.25, 0.3) is 6.43 Å². The number of anilines is 1. The number of hydrogen-bond acceptors (Lipinski definition) is 3. The lowest BCUT2D eigenvalue weighted by atomic mass is 10.2. The molecular formula is C12H16F2N2O2. The minimum atomic E-state index is -2.81. The van der Waals surface area contributed by atoms with Gasteiger partial charge in [-0.25, -0.2) is 8.78 Å². The van der Waals surface area contributed by atoms with Crippen molar-refractivity contribution in [3.8, 4) is 0 Å². The van der Waals surface area contributed by atoms with Gasteiger partial charge in [-0.3, -0.25) is 4.79 Å². The van der Waals surface area contributed by atoms with Crippen LogP contribution in [-0.4, -0.2) is 36.6 Å². The van der Waals surface area contributed by atoms with E-state index >= 15 is 0 Å². The van der Waals surface area contributed by atoms with E-state index in [1.807, 2.05) is 19.1 Å². The Bertz CT molecular complexity index is 399. The molecule has 0 aliphatic carbocycles. The zero-order chi connectivity index (χ0) is 13.5. The van der Waals surface area contributed by atoms with Gasteiger partial charge in [0.1, 0.15) is 6.10 Å². The van der Waals surface area contributed by atoms with E-state index in [1.54, 1.807) is 12.1 Å². The fraction of sp³-hybridized carbons (Fsp3) is 0.417. The second-order valence-corrected chi connectivity index (χ2v) is 3.90. The maximum absolute atomic E-state index is 12.0. The summed E-state index contributed by atoms with van der Waals surface area (Å²) in [5.74, 6) is -0.342. The van der Waals surface area contributed by atoms with Crippen LogP contribution in [-0.2, 0) is 4.79 Å². The average molecular weight is 258 g/mol. The van der Waals surface area contributed by atoms with Crippen LogP contribution in [0.25, 0.3) is 0 Å². The van der Waals surface area contributed by atoms with Gasteiger partial charge in [-0.1, -0.05) is 18.2 Å². The molecule has 1 aromatic carbocycles. The number of amides is 1. The molecule has 1 amide bonds. The Kier molecular flexibility index (Phi) is 5.67. The predicted octanol–water partition coefficient (Wildman–Crippen LogP) is 1.15. The highest BCUT2D eigenvalue weighted by Gasteiger charge is 2.16. The van der Waals surface area contributed by atoms with Crippen molar-refractivity contribution >= 4 is 11.6 Å². The Hall–Kier alpha value is -1.53. The second-order valence-electron chi connectivity index (χ2n) is 3.90. The summed E-state index contributed by atoms with van der Waals surface area (Å²) in [4.78, 5) is 11.5. The van der Waals surface area contributed by atoms with Gasteiger partial charge in [0.2, 0.25) is 5.91 Å². The van der Waals surface area contributed by atoms with Crippen LogP contribution in [0.5, 0.6) is 0 Å². The zero-order valence-electron chi connectivity index (χ0n) is 9.99. The molecule has 18 heavy (non-hydrogen) atoms. The standard InChI is InChI=1S/C12H16F2N2O2/c1-8-4-2-3-5-9(8)16-11(18)7-15-6-10(17)12(13)14/h2-5,10,12,15,17H,6-7H2,1H3,(H,16,18). The number of hydrogen-bond donors (Lipinski definition) is 3. The molecule has 0 bridgehead atoms. The third-order valence-corrected chi connectivity index (χ3v) is 2.35. The maximum atomic E-state index is 12.0. The second kappa shape index (κ2) is 7.03. The minimum absolute atomic E-state index is 0.127. The molecule has 0 spiro atoms. The van der Waals surface area contributed by atoms with Crippen molar-refractivity contribution in [3.05, 3.63) is 29.8 Å². The Morgan fingerprint density at radius 2 is 2.06 bits per heavy atom. The Morgan fingerprint density at radius 3 is 2.67 bits per heavy atom. The molecule has 6 heteroatoms. The fourth-order valence-electron chi connectivity index (χ4n) is 1.33. The lowest BCUT2D eigenvalue weighted by Gasteiger charge is -2.11. The van der Waals surface area contributed by atoms with Gasteiger partial charge < -0.3 is 15.7 Å². The number of carbonyl (C=O) groups excluding carboxylic acids is 1. The molecule has 100 valence electrons. The molecule has 0 aromatic heterocycles. The molecule has 0 radical (unpaired) electrons. The summed E-state index contributed by atoms with van der Waals surface area (Å²) in [6.07, 6.45) is -4.56. The molecule has 3 N–H and O–H groups in total. The van der Waals surface area contributed by atoms with E-state index in [1.165, 1.54) is 0 Å². The van der Waals surface area contributed by atoms with Crippen molar-refractivity contribution in [2.45, 2.75) is 19.5 Å². The molecule has 0 saturated carbocycles. The Labute approximate surface area is 104 Å². The van der Waals surface area contributed by atoms with E-state index < -0.39 is 12.5 Å². The molecule has 0 fully saturated rings. The third-order valence-electron chi connectivity index (χ3n) is 2.35. The monoisotopic (exact) mass is 258 g/mol. The molecule has 0 saturated heterocycles. The van der Waals surface area contributed by atoms with Gasteiger partial charge in [0, 0.05) is 12.2 Å². The van der Waals surface area contributed by atoms with Crippen LogP contribution in [0.3, 0.4) is 0 Å². The zero-order valence-corrected chi connectivity index (χ0v) is 9.99. The average Bonchev–Trinajstić information content (AvgIpc) is 2.32. The summed E-state index contributed by atoms with van der Waals surface area (Å²) < 4.78 is 23.9. The highest BCUT2D eigenvalue weighted by atomic mass is 19.3. The van der Waals surface area contributed by atoms with Crippen LogP contribution >= 0.6 is 0 Å². The lowest BCUT2D eigenvalue weighted by molar-refractivity contribution is -0.115. The number of rotatable bonds is 6. The van der Waals surface area contributed by atoms with Crippen molar-refractivity contribution < 1.29 is 18.7 Å². The molecule has 0 aliphatic rings. The summed E-state index contributed by atoms with van der Waals surface area (Å²) in [6.45, 7) is 1.40. The van der Waals surface area contributed by atoms with Crippen LogP contribution < -0.4 is 10.6 Å². The number of nitrogens with one attached hydrogen (secondary N) is 2.